The molecule has 2 aromatic heterocycles. The Morgan fingerprint density at radius 2 is 1.89 bits per heavy atom. The van der Waals surface area contributed by atoms with E-state index in [4.69, 9.17) is 19.4 Å². The summed E-state index contributed by atoms with van der Waals surface area (Å²) in [6.07, 6.45) is 1.78. The van der Waals surface area contributed by atoms with Crippen molar-refractivity contribution in [1.29, 1.82) is 0 Å². The molecule has 0 atom stereocenters. The van der Waals surface area contributed by atoms with E-state index in [9.17, 15) is 0 Å². The van der Waals surface area contributed by atoms with Gasteiger partial charge in [0.15, 0.2) is 5.13 Å². The van der Waals surface area contributed by atoms with Crippen molar-refractivity contribution in [2.75, 3.05) is 55.1 Å². The quantitative estimate of drug-likeness (QED) is 0.331. The molecule has 9 heteroatoms. The highest BCUT2D eigenvalue weighted by molar-refractivity contribution is 7.19. The number of benzene rings is 2. The van der Waals surface area contributed by atoms with Gasteiger partial charge in [-0.05, 0) is 44.2 Å². The molecule has 0 bridgehead atoms. The lowest BCUT2D eigenvalue weighted by atomic mass is 10.2. The van der Waals surface area contributed by atoms with Crippen LogP contribution in [0.4, 0.5) is 28.1 Å². The smallest absolute Gasteiger partial charge is 0.227 e. The Bertz CT molecular complexity index is 1310. The molecule has 1 N–H and O–H groups in total. The summed E-state index contributed by atoms with van der Waals surface area (Å²) >= 11 is 1.64. The third-order valence-electron chi connectivity index (χ3n) is 6.08. The standard InChI is InChI=1S/C27H30N6O2S/c1-4-33(21-8-6-5-7-9-21)27-29-19(2)25(36-27)22-12-13-28-26(31-22)30-20-10-11-23(24(18-20)34-3)32-14-16-35-17-15-32/h5-13,18H,4,14-17H2,1-3H3,(H,28,30,31). The van der Waals surface area contributed by atoms with Crippen LogP contribution in [0.1, 0.15) is 12.6 Å². The highest BCUT2D eigenvalue weighted by Gasteiger charge is 2.18. The Labute approximate surface area is 215 Å². The minimum Gasteiger partial charge on any atom is -0.495 e. The molecule has 186 valence electrons. The monoisotopic (exact) mass is 502 g/mol. The number of ether oxygens (including phenoxy) is 2. The highest BCUT2D eigenvalue weighted by Crippen LogP contribution is 2.37. The van der Waals surface area contributed by atoms with Gasteiger partial charge in [-0.3, -0.25) is 0 Å². The minimum atomic E-state index is 0.526. The van der Waals surface area contributed by atoms with Gasteiger partial charge >= 0.3 is 0 Å². The number of methoxy groups -OCH3 is 1. The van der Waals surface area contributed by atoms with E-state index in [-0.39, 0.29) is 0 Å². The maximum absolute atomic E-state index is 5.68. The van der Waals surface area contributed by atoms with Gasteiger partial charge < -0.3 is 24.6 Å². The van der Waals surface area contributed by atoms with E-state index in [2.05, 4.69) is 45.2 Å². The lowest BCUT2D eigenvalue weighted by Crippen LogP contribution is -2.36. The maximum Gasteiger partial charge on any atom is 0.227 e. The number of para-hydroxylation sites is 1. The fraction of sp³-hybridized carbons (Fsp3) is 0.296. The van der Waals surface area contributed by atoms with Crippen LogP contribution in [0.5, 0.6) is 5.75 Å². The van der Waals surface area contributed by atoms with Crippen molar-refractivity contribution in [3.05, 3.63) is 66.5 Å². The molecule has 1 aliphatic heterocycles. The Morgan fingerprint density at radius 1 is 1.08 bits per heavy atom. The first kappa shape index (κ1) is 24.0. The fourth-order valence-corrected chi connectivity index (χ4v) is 5.39. The maximum atomic E-state index is 5.68. The molecule has 36 heavy (non-hydrogen) atoms. The van der Waals surface area contributed by atoms with Crippen molar-refractivity contribution in [2.24, 2.45) is 0 Å². The van der Waals surface area contributed by atoms with Gasteiger partial charge in [-0.1, -0.05) is 29.5 Å². The molecule has 1 fully saturated rings. The first-order chi connectivity index (χ1) is 17.7. The molecule has 8 nitrogen and oxygen atoms in total. The van der Waals surface area contributed by atoms with E-state index < -0.39 is 0 Å². The number of thiazole rings is 1. The number of aryl methyl sites for hydroxylation is 1. The summed E-state index contributed by atoms with van der Waals surface area (Å²) in [6.45, 7) is 8.14. The largest absolute Gasteiger partial charge is 0.495 e. The zero-order chi connectivity index (χ0) is 24.9. The van der Waals surface area contributed by atoms with Crippen molar-refractivity contribution >= 4 is 39.5 Å². The molecule has 1 aliphatic rings. The van der Waals surface area contributed by atoms with Gasteiger partial charge in [0, 0.05) is 43.3 Å². The predicted octanol–water partition coefficient (Wildman–Crippen LogP) is 5.66. The van der Waals surface area contributed by atoms with E-state index in [1.54, 1.807) is 24.6 Å². The second-order valence-corrected chi connectivity index (χ2v) is 9.34. The van der Waals surface area contributed by atoms with Gasteiger partial charge in [-0.15, -0.1) is 0 Å². The number of nitrogens with one attached hydrogen (secondary N) is 1. The fourth-order valence-electron chi connectivity index (χ4n) is 4.27. The summed E-state index contributed by atoms with van der Waals surface area (Å²) in [4.78, 5) is 19.6. The van der Waals surface area contributed by atoms with Crippen molar-refractivity contribution in [3.63, 3.8) is 0 Å². The minimum absolute atomic E-state index is 0.526. The number of nitrogens with zero attached hydrogens (tertiary/aromatic N) is 5. The number of aromatic nitrogens is 3. The van der Waals surface area contributed by atoms with Gasteiger partial charge in [-0.25, -0.2) is 15.0 Å². The van der Waals surface area contributed by atoms with Gasteiger partial charge in [0.05, 0.1) is 42.3 Å². The first-order valence-electron chi connectivity index (χ1n) is 12.1. The average molecular weight is 503 g/mol. The van der Waals surface area contributed by atoms with Crippen LogP contribution in [-0.4, -0.2) is 54.9 Å². The summed E-state index contributed by atoms with van der Waals surface area (Å²) in [7, 11) is 1.69. The molecule has 5 rings (SSSR count). The van der Waals surface area contributed by atoms with E-state index in [0.717, 1.165) is 77.1 Å². The lowest BCUT2D eigenvalue weighted by molar-refractivity contribution is 0.122. The van der Waals surface area contributed by atoms with Gasteiger partial charge in [0.2, 0.25) is 5.95 Å². The van der Waals surface area contributed by atoms with Crippen LogP contribution in [0.15, 0.2) is 60.8 Å². The van der Waals surface area contributed by atoms with Crippen LogP contribution in [0.2, 0.25) is 0 Å². The zero-order valence-electron chi connectivity index (χ0n) is 20.8. The van der Waals surface area contributed by atoms with Crippen molar-refractivity contribution < 1.29 is 9.47 Å². The molecule has 0 radical (unpaired) electrons. The number of hydrogen-bond donors (Lipinski definition) is 1. The Balaban J connectivity index is 1.38. The molecule has 0 saturated carbocycles. The normalized spacial score (nSPS) is 13.5. The van der Waals surface area contributed by atoms with Crippen molar-refractivity contribution in [1.82, 2.24) is 15.0 Å². The summed E-state index contributed by atoms with van der Waals surface area (Å²) in [5.74, 6) is 1.33. The van der Waals surface area contributed by atoms with Gasteiger partial charge in [0.1, 0.15) is 5.75 Å². The zero-order valence-corrected chi connectivity index (χ0v) is 21.6. The van der Waals surface area contributed by atoms with Gasteiger partial charge in [0.25, 0.3) is 0 Å². The summed E-state index contributed by atoms with van der Waals surface area (Å²) in [6, 6.07) is 18.3. The average Bonchev–Trinajstić information content (AvgIpc) is 3.31. The highest BCUT2D eigenvalue weighted by atomic mass is 32.1. The van der Waals surface area contributed by atoms with Crippen LogP contribution >= 0.6 is 11.3 Å². The second kappa shape index (κ2) is 10.9. The van der Waals surface area contributed by atoms with E-state index >= 15 is 0 Å². The van der Waals surface area contributed by atoms with Gasteiger partial charge in [-0.2, -0.15) is 0 Å². The van der Waals surface area contributed by atoms with Crippen LogP contribution < -0.4 is 19.9 Å². The number of anilines is 5. The van der Waals surface area contributed by atoms with Crippen LogP contribution in [0.3, 0.4) is 0 Å². The van der Waals surface area contributed by atoms with E-state index in [1.807, 2.05) is 43.3 Å². The predicted molar refractivity (Wildman–Crippen MR) is 146 cm³/mol. The van der Waals surface area contributed by atoms with Crippen molar-refractivity contribution in [3.8, 4) is 16.3 Å². The lowest BCUT2D eigenvalue weighted by Gasteiger charge is -2.30. The molecular formula is C27H30N6O2S. The Kier molecular flexibility index (Phi) is 7.29. The molecule has 4 aromatic rings. The third kappa shape index (κ3) is 5.12. The van der Waals surface area contributed by atoms with Crippen LogP contribution in [0, 0.1) is 6.92 Å². The van der Waals surface area contributed by atoms with Crippen LogP contribution in [0.25, 0.3) is 10.6 Å². The van der Waals surface area contributed by atoms with Crippen LogP contribution in [-0.2, 0) is 4.74 Å². The number of rotatable bonds is 8. The number of morpholine rings is 1. The summed E-state index contributed by atoms with van der Waals surface area (Å²) in [5.41, 5.74) is 4.84. The SMILES string of the molecule is CCN(c1ccccc1)c1nc(C)c(-c2ccnc(Nc3ccc(N4CCOCC4)c(OC)c3)n2)s1. The number of hydrogen-bond acceptors (Lipinski definition) is 9. The molecule has 2 aromatic carbocycles. The molecule has 1 saturated heterocycles. The molecule has 3 heterocycles. The topological polar surface area (TPSA) is 75.6 Å². The first-order valence-corrected chi connectivity index (χ1v) is 12.9. The summed E-state index contributed by atoms with van der Waals surface area (Å²) in [5, 5.41) is 4.28. The third-order valence-corrected chi connectivity index (χ3v) is 7.28. The Hall–Kier alpha value is -3.69. The van der Waals surface area contributed by atoms with Crippen molar-refractivity contribution in [2.45, 2.75) is 13.8 Å². The molecule has 0 unspecified atom stereocenters. The molecular weight excluding hydrogens is 472 g/mol. The van der Waals surface area contributed by atoms with E-state index in [1.165, 1.54) is 0 Å². The second-order valence-electron chi connectivity index (χ2n) is 8.37. The molecule has 0 aliphatic carbocycles. The molecule has 0 amide bonds. The molecule has 0 spiro atoms. The summed E-state index contributed by atoms with van der Waals surface area (Å²) < 4.78 is 11.2. The Morgan fingerprint density at radius 3 is 2.64 bits per heavy atom. The van der Waals surface area contributed by atoms with E-state index in [0.29, 0.717) is 5.95 Å².